The number of thiazole rings is 1. The topological polar surface area (TPSA) is 62.3 Å². The van der Waals surface area contributed by atoms with Gasteiger partial charge in [0.2, 0.25) is 11.8 Å². The summed E-state index contributed by atoms with van der Waals surface area (Å²) < 4.78 is 0. The van der Waals surface area contributed by atoms with Gasteiger partial charge in [-0.3, -0.25) is 9.59 Å². The molecule has 0 spiro atoms. The van der Waals surface area contributed by atoms with Crippen molar-refractivity contribution in [3.05, 3.63) is 16.6 Å². The van der Waals surface area contributed by atoms with Gasteiger partial charge in [0.15, 0.2) is 0 Å². The van der Waals surface area contributed by atoms with Crippen LogP contribution in [0.4, 0.5) is 0 Å². The largest absolute Gasteiger partial charge is 0.343 e. The number of aromatic nitrogens is 1. The van der Waals surface area contributed by atoms with Crippen molar-refractivity contribution in [1.29, 1.82) is 0 Å². The van der Waals surface area contributed by atoms with Crippen molar-refractivity contribution >= 4 is 23.2 Å². The zero-order valence-corrected chi connectivity index (χ0v) is 11.4. The Hall–Kier alpha value is -1.43. The molecule has 1 N–H and O–H groups in total. The van der Waals surface area contributed by atoms with E-state index in [1.807, 2.05) is 19.2 Å². The van der Waals surface area contributed by atoms with E-state index in [1.165, 1.54) is 0 Å². The molecule has 0 aliphatic carbocycles. The van der Waals surface area contributed by atoms with Gasteiger partial charge in [0.25, 0.3) is 0 Å². The molecule has 0 bridgehead atoms. The summed E-state index contributed by atoms with van der Waals surface area (Å²) in [4.78, 5) is 29.6. The number of nitrogens with zero attached hydrogens (tertiary/aromatic N) is 2. The minimum Gasteiger partial charge on any atom is -0.343 e. The smallest absolute Gasteiger partial charge is 0.245 e. The lowest BCUT2D eigenvalue weighted by atomic mass is 10.0. The number of nitrogens with one attached hydrogen (secondary N) is 1. The van der Waals surface area contributed by atoms with Crippen LogP contribution in [0.5, 0.6) is 0 Å². The highest BCUT2D eigenvalue weighted by atomic mass is 32.1. The number of piperazine rings is 1. The molecule has 1 aliphatic rings. The van der Waals surface area contributed by atoms with E-state index in [0.29, 0.717) is 13.0 Å². The summed E-state index contributed by atoms with van der Waals surface area (Å²) in [7, 11) is 0. The van der Waals surface area contributed by atoms with Gasteiger partial charge < -0.3 is 10.2 Å². The molecule has 2 heterocycles. The van der Waals surface area contributed by atoms with Gasteiger partial charge in [-0.25, -0.2) is 4.98 Å². The first-order valence-corrected chi connectivity index (χ1v) is 6.92. The first kappa shape index (κ1) is 13.0. The zero-order valence-electron chi connectivity index (χ0n) is 10.5. The van der Waals surface area contributed by atoms with Crippen molar-refractivity contribution in [1.82, 2.24) is 15.2 Å². The minimum atomic E-state index is -0.387. The highest BCUT2D eigenvalue weighted by Crippen LogP contribution is 2.12. The number of carbonyl (C=O) groups is 2. The maximum Gasteiger partial charge on any atom is 0.245 e. The minimum absolute atomic E-state index is 0.0150. The molecule has 1 aliphatic heterocycles. The van der Waals surface area contributed by atoms with Crippen LogP contribution in [-0.4, -0.2) is 40.8 Å². The molecule has 1 atom stereocenters. The molecule has 98 valence electrons. The Labute approximate surface area is 110 Å². The molecular weight excluding hydrogens is 250 g/mol. The van der Waals surface area contributed by atoms with E-state index in [1.54, 1.807) is 22.4 Å². The third-order valence-electron chi connectivity index (χ3n) is 2.97. The number of rotatable bonds is 4. The second kappa shape index (κ2) is 5.48. The Bertz CT molecular complexity index is 431. The molecular formula is C12H17N3O2S. The third kappa shape index (κ3) is 2.87. The lowest BCUT2D eigenvalue weighted by Gasteiger charge is -2.34. The van der Waals surface area contributed by atoms with Crippen LogP contribution in [0.2, 0.25) is 0 Å². The van der Waals surface area contributed by atoms with E-state index in [4.69, 9.17) is 0 Å². The maximum absolute atomic E-state index is 12.2. The van der Waals surface area contributed by atoms with Crippen LogP contribution in [0.25, 0.3) is 0 Å². The summed E-state index contributed by atoms with van der Waals surface area (Å²) in [5, 5.41) is 5.65. The van der Waals surface area contributed by atoms with Gasteiger partial charge in [0.1, 0.15) is 6.04 Å². The highest BCUT2D eigenvalue weighted by molar-refractivity contribution is 7.09. The van der Waals surface area contributed by atoms with E-state index in [9.17, 15) is 9.59 Å². The summed E-state index contributed by atoms with van der Waals surface area (Å²) in [5.41, 5.74) is 0. The van der Waals surface area contributed by atoms with Crippen LogP contribution in [0.3, 0.4) is 0 Å². The van der Waals surface area contributed by atoms with E-state index < -0.39 is 0 Å². The lowest BCUT2D eigenvalue weighted by Crippen LogP contribution is -2.60. The molecule has 5 nitrogen and oxygen atoms in total. The second-order valence-corrected chi connectivity index (χ2v) is 5.70. The molecule has 1 fully saturated rings. The number of amides is 2. The van der Waals surface area contributed by atoms with E-state index in [0.717, 1.165) is 5.01 Å². The molecule has 18 heavy (non-hydrogen) atoms. The second-order valence-electron chi connectivity index (χ2n) is 4.72. The molecule has 0 aromatic carbocycles. The van der Waals surface area contributed by atoms with Crippen LogP contribution >= 0.6 is 11.3 Å². The van der Waals surface area contributed by atoms with Gasteiger partial charge in [0.05, 0.1) is 11.6 Å². The van der Waals surface area contributed by atoms with Crippen molar-refractivity contribution in [2.24, 2.45) is 5.92 Å². The molecule has 0 saturated carbocycles. The summed E-state index contributed by atoms with van der Waals surface area (Å²) in [5.74, 6) is 0.0534. The Morgan fingerprint density at radius 2 is 2.33 bits per heavy atom. The number of hydrogen-bond acceptors (Lipinski definition) is 4. The molecule has 1 aromatic heterocycles. The fourth-order valence-corrected chi connectivity index (χ4v) is 2.59. The summed E-state index contributed by atoms with van der Waals surface area (Å²) in [6.45, 7) is 4.59. The molecule has 2 amide bonds. The molecule has 1 aromatic rings. The monoisotopic (exact) mass is 267 g/mol. The van der Waals surface area contributed by atoms with Crippen molar-refractivity contribution in [3.63, 3.8) is 0 Å². The van der Waals surface area contributed by atoms with E-state index >= 15 is 0 Å². The van der Waals surface area contributed by atoms with Gasteiger partial charge in [0, 0.05) is 24.5 Å². The van der Waals surface area contributed by atoms with Gasteiger partial charge in [-0.05, 0) is 5.92 Å². The Balaban J connectivity index is 1.98. The molecule has 1 saturated heterocycles. The SMILES string of the molecule is CC(C)C1NC(=O)CN(CCc2nccs2)C1=O. The van der Waals surface area contributed by atoms with Crippen molar-refractivity contribution in [2.45, 2.75) is 26.3 Å². The van der Waals surface area contributed by atoms with Crippen molar-refractivity contribution < 1.29 is 9.59 Å². The fourth-order valence-electron chi connectivity index (χ4n) is 1.98. The predicted molar refractivity (Wildman–Crippen MR) is 69.2 cm³/mol. The molecule has 1 unspecified atom stereocenters. The van der Waals surface area contributed by atoms with E-state index in [-0.39, 0.29) is 30.3 Å². The Morgan fingerprint density at radius 1 is 1.56 bits per heavy atom. The summed E-state index contributed by atoms with van der Waals surface area (Å²) >= 11 is 1.57. The van der Waals surface area contributed by atoms with Gasteiger partial charge in [-0.2, -0.15) is 0 Å². The van der Waals surface area contributed by atoms with Crippen LogP contribution < -0.4 is 5.32 Å². The quantitative estimate of drug-likeness (QED) is 0.872. The normalized spacial score (nSPS) is 20.4. The van der Waals surface area contributed by atoms with Gasteiger partial charge in [-0.1, -0.05) is 13.8 Å². The molecule has 2 rings (SSSR count). The molecule has 6 heteroatoms. The zero-order chi connectivity index (χ0) is 13.1. The van der Waals surface area contributed by atoms with Crippen LogP contribution in [0, 0.1) is 5.92 Å². The highest BCUT2D eigenvalue weighted by Gasteiger charge is 2.34. The van der Waals surface area contributed by atoms with Crippen molar-refractivity contribution in [3.8, 4) is 0 Å². The van der Waals surface area contributed by atoms with Gasteiger partial charge in [-0.15, -0.1) is 11.3 Å². The third-order valence-corrected chi connectivity index (χ3v) is 3.81. The van der Waals surface area contributed by atoms with E-state index in [2.05, 4.69) is 10.3 Å². The van der Waals surface area contributed by atoms with Crippen LogP contribution in [0.15, 0.2) is 11.6 Å². The average Bonchev–Trinajstić information content (AvgIpc) is 2.82. The summed E-state index contributed by atoms with van der Waals surface area (Å²) in [6, 6.07) is -0.387. The van der Waals surface area contributed by atoms with Crippen LogP contribution in [0.1, 0.15) is 18.9 Å². The van der Waals surface area contributed by atoms with Crippen LogP contribution in [-0.2, 0) is 16.0 Å². The fraction of sp³-hybridized carbons (Fsp3) is 0.583. The Kier molecular flexibility index (Phi) is 3.96. The van der Waals surface area contributed by atoms with Crippen molar-refractivity contribution in [2.75, 3.05) is 13.1 Å². The van der Waals surface area contributed by atoms with Gasteiger partial charge >= 0.3 is 0 Å². The lowest BCUT2D eigenvalue weighted by molar-refractivity contribution is -0.145. The first-order chi connectivity index (χ1) is 8.58. The Morgan fingerprint density at radius 3 is 2.94 bits per heavy atom. The predicted octanol–water partition coefficient (Wildman–Crippen LogP) is 0.669. The molecule has 0 radical (unpaired) electrons. The average molecular weight is 267 g/mol. The number of hydrogen-bond donors (Lipinski definition) is 1. The number of carbonyl (C=O) groups excluding carboxylic acids is 2. The maximum atomic E-state index is 12.2. The summed E-state index contributed by atoms with van der Waals surface area (Å²) in [6.07, 6.45) is 2.46. The first-order valence-electron chi connectivity index (χ1n) is 6.04. The standard InChI is InChI=1S/C12H17N3O2S/c1-8(2)11-12(17)15(7-9(16)14-11)5-3-10-13-4-6-18-10/h4,6,8,11H,3,5,7H2,1-2H3,(H,14,16).